The van der Waals surface area contributed by atoms with E-state index in [9.17, 15) is 9.90 Å². The molecule has 0 bridgehead atoms. The number of para-hydroxylation sites is 1. The van der Waals surface area contributed by atoms with Crippen molar-refractivity contribution >= 4 is 23.4 Å². The standard InChI is InChI=1S/C27H29N5O3/c1-18(2)17-35-24-8-4-3-6-22(24)23-7-5-13-32-25(23)29-26(30-32)28-21-10-9-19-11-14-31(27(33)34)15-12-20(19)16-21/h3-10,13,16,18H,11-12,14-15,17H2,1-2H3,(H,28,30)(H,33,34). The summed E-state index contributed by atoms with van der Waals surface area (Å²) in [4.78, 5) is 17.6. The first-order valence-electron chi connectivity index (χ1n) is 11.9. The van der Waals surface area contributed by atoms with E-state index in [0.29, 0.717) is 38.0 Å². The van der Waals surface area contributed by atoms with Crippen molar-refractivity contribution in [2.24, 2.45) is 5.92 Å². The summed E-state index contributed by atoms with van der Waals surface area (Å²) in [6.45, 7) is 5.92. The molecule has 8 nitrogen and oxygen atoms in total. The van der Waals surface area contributed by atoms with Crippen LogP contribution in [0.1, 0.15) is 25.0 Å². The summed E-state index contributed by atoms with van der Waals surface area (Å²) in [6, 6.07) is 18.1. The molecule has 8 heteroatoms. The van der Waals surface area contributed by atoms with Crippen molar-refractivity contribution in [2.75, 3.05) is 25.0 Å². The van der Waals surface area contributed by atoms with Crippen LogP contribution in [0.4, 0.5) is 16.4 Å². The Hall–Kier alpha value is -4.07. The summed E-state index contributed by atoms with van der Waals surface area (Å²) in [6.07, 6.45) is 2.42. The van der Waals surface area contributed by atoms with Crippen molar-refractivity contribution in [3.05, 3.63) is 71.9 Å². The molecule has 2 aromatic heterocycles. The van der Waals surface area contributed by atoms with Crippen molar-refractivity contribution in [1.29, 1.82) is 0 Å². The first-order valence-corrected chi connectivity index (χ1v) is 11.9. The predicted octanol–water partition coefficient (Wildman–Crippen LogP) is 5.25. The fourth-order valence-corrected chi connectivity index (χ4v) is 4.36. The Labute approximate surface area is 204 Å². The number of anilines is 2. The molecule has 4 aromatic rings. The third-order valence-electron chi connectivity index (χ3n) is 6.15. The predicted molar refractivity (Wildman–Crippen MR) is 135 cm³/mol. The maximum atomic E-state index is 11.4. The van der Waals surface area contributed by atoms with Gasteiger partial charge in [-0.3, -0.25) is 0 Å². The molecule has 1 aliphatic rings. The smallest absolute Gasteiger partial charge is 0.407 e. The highest BCUT2D eigenvalue weighted by Crippen LogP contribution is 2.33. The molecule has 35 heavy (non-hydrogen) atoms. The largest absolute Gasteiger partial charge is 0.493 e. The molecule has 0 spiro atoms. The minimum Gasteiger partial charge on any atom is -0.493 e. The van der Waals surface area contributed by atoms with Crippen molar-refractivity contribution < 1.29 is 14.6 Å². The molecule has 0 aliphatic carbocycles. The Morgan fingerprint density at radius 3 is 2.63 bits per heavy atom. The van der Waals surface area contributed by atoms with Gasteiger partial charge >= 0.3 is 6.09 Å². The van der Waals surface area contributed by atoms with Gasteiger partial charge in [0.25, 0.3) is 0 Å². The lowest BCUT2D eigenvalue weighted by atomic mass is 10.0. The highest BCUT2D eigenvalue weighted by atomic mass is 16.5. The normalized spacial score (nSPS) is 13.5. The van der Waals surface area contributed by atoms with Crippen LogP contribution in [-0.4, -0.2) is 50.4 Å². The topological polar surface area (TPSA) is 92.0 Å². The third-order valence-corrected chi connectivity index (χ3v) is 6.15. The second kappa shape index (κ2) is 9.66. The number of benzene rings is 2. The zero-order valence-corrected chi connectivity index (χ0v) is 19.9. The van der Waals surface area contributed by atoms with Gasteiger partial charge in [0.15, 0.2) is 5.65 Å². The van der Waals surface area contributed by atoms with Gasteiger partial charge in [-0.1, -0.05) is 38.1 Å². The van der Waals surface area contributed by atoms with Crippen LogP contribution >= 0.6 is 0 Å². The molecular weight excluding hydrogens is 442 g/mol. The van der Waals surface area contributed by atoms with E-state index in [4.69, 9.17) is 9.72 Å². The minimum atomic E-state index is -0.864. The lowest BCUT2D eigenvalue weighted by molar-refractivity contribution is 0.147. The van der Waals surface area contributed by atoms with Gasteiger partial charge in [0.05, 0.1) is 6.61 Å². The molecule has 3 heterocycles. The summed E-state index contributed by atoms with van der Waals surface area (Å²) in [5.41, 5.74) is 5.88. The highest BCUT2D eigenvalue weighted by Gasteiger charge is 2.18. The van der Waals surface area contributed by atoms with E-state index in [1.165, 1.54) is 10.5 Å². The van der Waals surface area contributed by atoms with Gasteiger partial charge in [-0.25, -0.2) is 9.31 Å². The number of hydrogen-bond acceptors (Lipinski definition) is 5. The zero-order valence-electron chi connectivity index (χ0n) is 19.9. The van der Waals surface area contributed by atoms with E-state index in [-0.39, 0.29) is 0 Å². The Kier molecular flexibility index (Phi) is 6.27. The maximum Gasteiger partial charge on any atom is 0.407 e. The van der Waals surface area contributed by atoms with Crippen LogP contribution in [0.5, 0.6) is 5.75 Å². The van der Waals surface area contributed by atoms with E-state index < -0.39 is 6.09 Å². The number of pyridine rings is 1. The third kappa shape index (κ3) is 4.91. The van der Waals surface area contributed by atoms with E-state index >= 15 is 0 Å². The number of carbonyl (C=O) groups is 1. The number of nitrogens with one attached hydrogen (secondary N) is 1. The summed E-state index contributed by atoms with van der Waals surface area (Å²) < 4.78 is 7.85. The summed E-state index contributed by atoms with van der Waals surface area (Å²) in [5.74, 6) is 1.75. The Morgan fingerprint density at radius 1 is 1.06 bits per heavy atom. The minimum absolute atomic E-state index is 0.427. The van der Waals surface area contributed by atoms with E-state index in [1.54, 1.807) is 4.52 Å². The van der Waals surface area contributed by atoms with Gasteiger partial charge in [-0.05, 0) is 60.2 Å². The van der Waals surface area contributed by atoms with Crippen LogP contribution in [0.15, 0.2) is 60.8 Å². The lowest BCUT2D eigenvalue weighted by Gasteiger charge is -2.15. The van der Waals surface area contributed by atoms with Crippen LogP contribution in [0.3, 0.4) is 0 Å². The van der Waals surface area contributed by atoms with Gasteiger partial charge in [0, 0.05) is 36.1 Å². The second-order valence-electron chi connectivity index (χ2n) is 9.20. The van der Waals surface area contributed by atoms with Gasteiger partial charge in [0.1, 0.15) is 5.75 Å². The first kappa shape index (κ1) is 22.7. The van der Waals surface area contributed by atoms with E-state index in [1.807, 2.05) is 48.7 Å². The number of ether oxygens (including phenoxy) is 1. The molecule has 2 aromatic carbocycles. The van der Waals surface area contributed by atoms with Crippen LogP contribution in [0, 0.1) is 5.92 Å². The van der Waals surface area contributed by atoms with Crippen LogP contribution in [-0.2, 0) is 12.8 Å². The molecular formula is C27H29N5O3. The Morgan fingerprint density at radius 2 is 1.83 bits per heavy atom. The molecule has 0 atom stereocenters. The second-order valence-corrected chi connectivity index (χ2v) is 9.20. The molecule has 1 amide bonds. The van der Waals surface area contributed by atoms with Gasteiger partial charge in [0.2, 0.25) is 5.95 Å². The van der Waals surface area contributed by atoms with Crippen molar-refractivity contribution in [3.63, 3.8) is 0 Å². The number of carboxylic acid groups (broad SMARTS) is 1. The molecule has 0 fully saturated rings. The summed E-state index contributed by atoms with van der Waals surface area (Å²) >= 11 is 0. The Bertz CT molecular complexity index is 1360. The van der Waals surface area contributed by atoms with Crippen molar-refractivity contribution in [2.45, 2.75) is 26.7 Å². The summed E-state index contributed by atoms with van der Waals surface area (Å²) in [7, 11) is 0. The lowest BCUT2D eigenvalue weighted by Crippen LogP contribution is -2.31. The van der Waals surface area contributed by atoms with E-state index in [0.717, 1.165) is 40.2 Å². The average molecular weight is 472 g/mol. The molecule has 0 saturated heterocycles. The monoisotopic (exact) mass is 471 g/mol. The number of aromatic nitrogens is 3. The molecule has 5 rings (SSSR count). The van der Waals surface area contributed by atoms with E-state index in [2.05, 4.69) is 36.4 Å². The van der Waals surface area contributed by atoms with Crippen LogP contribution in [0.2, 0.25) is 0 Å². The molecule has 0 saturated carbocycles. The number of hydrogen-bond donors (Lipinski definition) is 2. The van der Waals surface area contributed by atoms with Crippen LogP contribution < -0.4 is 10.1 Å². The molecule has 0 radical (unpaired) electrons. The first-order chi connectivity index (χ1) is 17.0. The van der Waals surface area contributed by atoms with Gasteiger partial charge in [-0.15, -0.1) is 5.10 Å². The highest BCUT2D eigenvalue weighted by molar-refractivity contribution is 5.82. The number of rotatable bonds is 6. The van der Waals surface area contributed by atoms with Crippen molar-refractivity contribution in [3.8, 4) is 16.9 Å². The van der Waals surface area contributed by atoms with Crippen molar-refractivity contribution in [1.82, 2.24) is 19.5 Å². The zero-order chi connectivity index (χ0) is 24.4. The average Bonchev–Trinajstić information content (AvgIpc) is 3.13. The number of amides is 1. The molecule has 0 unspecified atom stereocenters. The summed E-state index contributed by atoms with van der Waals surface area (Å²) in [5, 5.41) is 17.3. The SMILES string of the molecule is CC(C)COc1ccccc1-c1cccn2nc(Nc3ccc4c(c3)CCN(C(=O)O)CC4)nc12. The van der Waals surface area contributed by atoms with Gasteiger partial charge in [-0.2, -0.15) is 4.98 Å². The fourth-order valence-electron chi connectivity index (χ4n) is 4.36. The maximum absolute atomic E-state index is 11.4. The van der Waals surface area contributed by atoms with Crippen LogP contribution in [0.25, 0.3) is 16.8 Å². The number of fused-ring (bicyclic) bond motifs is 2. The number of nitrogens with zero attached hydrogens (tertiary/aromatic N) is 4. The molecule has 2 N–H and O–H groups in total. The fraction of sp³-hybridized carbons (Fsp3) is 0.296. The quantitative estimate of drug-likeness (QED) is 0.399. The molecule has 180 valence electrons. The Balaban J connectivity index is 1.42. The van der Waals surface area contributed by atoms with Gasteiger partial charge < -0.3 is 20.1 Å². The molecule has 1 aliphatic heterocycles.